The molecule has 5 rings (SSSR count). The summed E-state index contributed by atoms with van der Waals surface area (Å²) in [5, 5.41) is 0. The first kappa shape index (κ1) is 20.4. The van der Waals surface area contributed by atoms with Crippen LogP contribution in [-0.2, 0) is 0 Å². The van der Waals surface area contributed by atoms with E-state index in [2.05, 4.69) is 140 Å². The summed E-state index contributed by atoms with van der Waals surface area (Å²) >= 11 is -3.19. The predicted molar refractivity (Wildman–Crippen MR) is 137 cm³/mol. The summed E-state index contributed by atoms with van der Waals surface area (Å²) in [7, 11) is 0. The Balaban J connectivity index is 1.63. The van der Waals surface area contributed by atoms with Gasteiger partial charge in [-0.2, -0.15) is 0 Å². The van der Waals surface area contributed by atoms with E-state index in [1.165, 1.54) is 17.4 Å². The topological polar surface area (TPSA) is 0 Å². The van der Waals surface area contributed by atoms with Gasteiger partial charge in [0, 0.05) is 0 Å². The van der Waals surface area contributed by atoms with Crippen molar-refractivity contribution in [1.29, 1.82) is 0 Å². The van der Waals surface area contributed by atoms with Crippen LogP contribution in [0.1, 0.15) is 0 Å². The standard InChI is InChI=1S/C29H24As2/c1-5-14-24(15-6-1)30(25-16-7-2-8-17-25)28-22-13-23-29(28)31(26-18-9-3-10-19-26)27-20-11-4-12-21-27/h1-23,28H. The summed E-state index contributed by atoms with van der Waals surface area (Å²) in [5.41, 5.74) is 0. The number of hydrogen-bond donors (Lipinski definition) is 0. The summed E-state index contributed by atoms with van der Waals surface area (Å²) in [6.45, 7) is 0. The van der Waals surface area contributed by atoms with Crippen LogP contribution in [0.25, 0.3) is 0 Å². The molecule has 0 aromatic heterocycles. The Hall–Kier alpha value is -2.52. The minimum atomic E-state index is -1.62. The van der Waals surface area contributed by atoms with Gasteiger partial charge in [0.05, 0.1) is 0 Å². The summed E-state index contributed by atoms with van der Waals surface area (Å²) in [6, 6.07) is 44.9. The molecule has 0 N–H and O–H groups in total. The van der Waals surface area contributed by atoms with Crippen LogP contribution in [0.15, 0.2) is 144 Å². The van der Waals surface area contributed by atoms with Gasteiger partial charge < -0.3 is 0 Å². The van der Waals surface area contributed by atoms with E-state index in [9.17, 15) is 0 Å². The van der Waals surface area contributed by atoms with Crippen LogP contribution in [0.5, 0.6) is 0 Å². The number of rotatable bonds is 6. The van der Waals surface area contributed by atoms with Crippen molar-refractivity contribution in [2.75, 3.05) is 0 Å². The van der Waals surface area contributed by atoms with Crippen LogP contribution < -0.4 is 17.4 Å². The van der Waals surface area contributed by atoms with Gasteiger partial charge >= 0.3 is 195 Å². The van der Waals surface area contributed by atoms with Crippen LogP contribution in [0, 0.1) is 0 Å². The molecule has 0 spiro atoms. The summed E-state index contributed by atoms with van der Waals surface area (Å²) in [6.07, 6.45) is 7.25. The molecule has 0 fully saturated rings. The molecule has 4 aromatic carbocycles. The third-order valence-electron chi connectivity index (χ3n) is 5.50. The quantitative estimate of drug-likeness (QED) is 0.336. The Morgan fingerprint density at radius 3 is 1.26 bits per heavy atom. The fraction of sp³-hybridized carbons (Fsp3) is 0.0345. The van der Waals surface area contributed by atoms with E-state index >= 15 is 0 Å². The molecule has 1 unspecified atom stereocenters. The first-order valence-corrected chi connectivity index (χ1v) is 16.4. The van der Waals surface area contributed by atoms with Crippen LogP contribution >= 0.6 is 0 Å². The van der Waals surface area contributed by atoms with E-state index in [1.54, 1.807) is 4.36 Å². The Labute approximate surface area is 194 Å². The predicted octanol–water partition coefficient (Wildman–Crippen LogP) is 4.01. The molecule has 0 bridgehead atoms. The summed E-state index contributed by atoms with van der Waals surface area (Å²) < 4.78 is 8.25. The third kappa shape index (κ3) is 4.43. The van der Waals surface area contributed by atoms with Gasteiger partial charge in [-0.3, -0.25) is 0 Å². The molecule has 0 amide bonds. The fourth-order valence-corrected chi connectivity index (χ4v) is 17.1. The molecule has 0 saturated carbocycles. The Kier molecular flexibility index (Phi) is 6.40. The molecule has 0 radical (unpaired) electrons. The molecule has 2 heteroatoms. The number of allylic oxidation sites excluding steroid dienone is 4. The Morgan fingerprint density at radius 1 is 0.452 bits per heavy atom. The van der Waals surface area contributed by atoms with E-state index in [0.717, 1.165) is 0 Å². The molecule has 0 nitrogen and oxygen atoms in total. The van der Waals surface area contributed by atoms with Gasteiger partial charge in [-0.1, -0.05) is 0 Å². The van der Waals surface area contributed by atoms with Crippen molar-refractivity contribution in [1.82, 2.24) is 0 Å². The fourth-order valence-electron chi connectivity index (χ4n) is 4.13. The van der Waals surface area contributed by atoms with Crippen molar-refractivity contribution < 1.29 is 0 Å². The van der Waals surface area contributed by atoms with E-state index in [-0.39, 0.29) is 0 Å². The molecular weight excluding hydrogens is 498 g/mol. The summed E-state index contributed by atoms with van der Waals surface area (Å²) in [5.74, 6) is 0. The normalized spacial score (nSPS) is 15.4. The van der Waals surface area contributed by atoms with E-state index in [4.69, 9.17) is 0 Å². The maximum absolute atomic E-state index is 2.49. The zero-order valence-corrected chi connectivity index (χ0v) is 21.0. The molecule has 1 atom stereocenters. The molecule has 31 heavy (non-hydrogen) atoms. The van der Waals surface area contributed by atoms with Gasteiger partial charge in [0.15, 0.2) is 0 Å². The number of benzene rings is 4. The van der Waals surface area contributed by atoms with Crippen LogP contribution in [0.2, 0.25) is 4.71 Å². The van der Waals surface area contributed by atoms with Crippen LogP contribution in [0.4, 0.5) is 0 Å². The van der Waals surface area contributed by atoms with E-state index < -0.39 is 29.3 Å². The summed E-state index contributed by atoms with van der Waals surface area (Å²) in [4.78, 5) is 0. The van der Waals surface area contributed by atoms with Crippen molar-refractivity contribution in [2.45, 2.75) is 4.71 Å². The average Bonchev–Trinajstić information content (AvgIpc) is 3.31. The SMILES string of the molecule is C1=CC([As](c2ccccc2)c2ccccc2)C([As](c2ccccc2)c2ccccc2)=C1. The molecule has 4 aromatic rings. The zero-order valence-electron chi connectivity index (χ0n) is 17.3. The van der Waals surface area contributed by atoms with Crippen molar-refractivity contribution in [3.05, 3.63) is 144 Å². The first-order chi connectivity index (χ1) is 15.4. The molecule has 1 aliphatic rings. The minimum absolute atomic E-state index is 0.512. The first-order valence-electron chi connectivity index (χ1n) is 10.6. The van der Waals surface area contributed by atoms with Crippen molar-refractivity contribution >= 4 is 46.7 Å². The zero-order chi connectivity index (χ0) is 20.9. The van der Waals surface area contributed by atoms with Gasteiger partial charge in [-0.25, -0.2) is 0 Å². The Morgan fingerprint density at radius 2 is 0.839 bits per heavy atom. The molecule has 0 aliphatic heterocycles. The second-order valence-corrected chi connectivity index (χ2v) is 17.0. The van der Waals surface area contributed by atoms with Gasteiger partial charge in [0.2, 0.25) is 0 Å². The van der Waals surface area contributed by atoms with Gasteiger partial charge in [-0.05, 0) is 0 Å². The van der Waals surface area contributed by atoms with Crippen molar-refractivity contribution in [3.63, 3.8) is 0 Å². The van der Waals surface area contributed by atoms with Gasteiger partial charge in [-0.15, -0.1) is 0 Å². The van der Waals surface area contributed by atoms with E-state index in [0.29, 0.717) is 4.71 Å². The monoisotopic (exact) mass is 522 g/mol. The van der Waals surface area contributed by atoms with Gasteiger partial charge in [0.1, 0.15) is 0 Å². The Bertz CT molecular complexity index is 1090. The average molecular weight is 522 g/mol. The third-order valence-corrected chi connectivity index (χ3v) is 17.6. The van der Waals surface area contributed by atoms with Crippen molar-refractivity contribution in [2.24, 2.45) is 0 Å². The second-order valence-electron chi connectivity index (χ2n) is 7.47. The maximum atomic E-state index is 2.49. The van der Waals surface area contributed by atoms with Crippen LogP contribution in [0.3, 0.4) is 0 Å². The second kappa shape index (κ2) is 9.74. The molecule has 0 saturated heterocycles. The molecular formula is C29H24As2. The van der Waals surface area contributed by atoms with E-state index in [1.807, 2.05) is 0 Å². The molecule has 0 heterocycles. The molecule has 150 valence electrons. The van der Waals surface area contributed by atoms with Gasteiger partial charge in [0.25, 0.3) is 0 Å². The number of hydrogen-bond acceptors (Lipinski definition) is 0. The van der Waals surface area contributed by atoms with Crippen LogP contribution in [-0.4, -0.2) is 29.3 Å². The van der Waals surface area contributed by atoms with Crippen molar-refractivity contribution in [3.8, 4) is 0 Å². The molecule has 1 aliphatic carbocycles.